The number of ether oxygens (including phenoxy) is 1. The van der Waals surface area contributed by atoms with E-state index in [0.29, 0.717) is 6.10 Å². The molecule has 2 rings (SSSR count). The predicted octanol–water partition coefficient (Wildman–Crippen LogP) is 4.31. The minimum absolute atomic E-state index is 0.601. The van der Waals surface area contributed by atoms with Crippen molar-refractivity contribution in [3.05, 3.63) is 0 Å². The van der Waals surface area contributed by atoms with Crippen molar-refractivity contribution >= 4 is 23.5 Å². The third-order valence-electron chi connectivity index (χ3n) is 3.43. The van der Waals surface area contributed by atoms with Crippen LogP contribution in [0.3, 0.4) is 0 Å². The van der Waals surface area contributed by atoms with Gasteiger partial charge in [-0.1, -0.05) is 19.3 Å². The smallest absolute Gasteiger partial charge is 0.0575 e. The van der Waals surface area contributed by atoms with Gasteiger partial charge in [-0.05, 0) is 32.1 Å². The van der Waals surface area contributed by atoms with E-state index in [2.05, 4.69) is 23.5 Å². The Labute approximate surface area is 108 Å². The zero-order valence-corrected chi connectivity index (χ0v) is 11.8. The molecule has 16 heavy (non-hydrogen) atoms. The van der Waals surface area contributed by atoms with E-state index in [1.54, 1.807) is 0 Å². The summed E-state index contributed by atoms with van der Waals surface area (Å²) in [7, 11) is 0. The first-order valence-electron chi connectivity index (χ1n) is 6.80. The minimum Gasteiger partial charge on any atom is -0.378 e. The quantitative estimate of drug-likeness (QED) is 0.659. The molecule has 0 spiro atoms. The molecule has 3 heteroatoms. The summed E-state index contributed by atoms with van der Waals surface area (Å²) in [6.45, 7) is 1.01. The lowest BCUT2D eigenvalue weighted by molar-refractivity contribution is 0.00978. The minimum atomic E-state index is 0.601. The van der Waals surface area contributed by atoms with Crippen molar-refractivity contribution in [3.8, 4) is 0 Å². The van der Waals surface area contributed by atoms with Gasteiger partial charge in [-0.15, -0.1) is 23.5 Å². The molecule has 94 valence electrons. The lowest BCUT2D eigenvalue weighted by Gasteiger charge is -2.22. The Hall–Kier alpha value is 0.660. The predicted molar refractivity (Wildman–Crippen MR) is 75.4 cm³/mol. The van der Waals surface area contributed by atoms with E-state index in [9.17, 15) is 0 Å². The first kappa shape index (κ1) is 13.1. The Balaban J connectivity index is 1.42. The molecule has 0 aromatic carbocycles. The molecule has 0 bridgehead atoms. The molecule has 0 N–H and O–H groups in total. The second-order valence-electron chi connectivity index (χ2n) is 4.80. The van der Waals surface area contributed by atoms with Crippen LogP contribution in [0.25, 0.3) is 0 Å². The summed E-state index contributed by atoms with van der Waals surface area (Å²) in [6, 6.07) is 0. The molecule has 1 nitrogen and oxygen atoms in total. The highest BCUT2D eigenvalue weighted by molar-refractivity contribution is 8.20. The van der Waals surface area contributed by atoms with Crippen LogP contribution >= 0.6 is 23.5 Å². The Morgan fingerprint density at radius 3 is 2.50 bits per heavy atom. The molecule has 0 aromatic heterocycles. The van der Waals surface area contributed by atoms with E-state index in [4.69, 9.17) is 4.74 Å². The lowest BCUT2D eigenvalue weighted by Crippen LogP contribution is -2.18. The van der Waals surface area contributed by atoms with Crippen molar-refractivity contribution in [2.45, 2.75) is 62.1 Å². The van der Waals surface area contributed by atoms with Crippen molar-refractivity contribution in [3.63, 3.8) is 0 Å². The zero-order valence-electron chi connectivity index (χ0n) is 10.2. The summed E-state index contributed by atoms with van der Waals surface area (Å²) < 4.78 is 6.67. The maximum Gasteiger partial charge on any atom is 0.0575 e. The van der Waals surface area contributed by atoms with Gasteiger partial charge in [-0.2, -0.15) is 0 Å². The number of thioether (sulfide) groups is 2. The number of rotatable bonds is 6. The van der Waals surface area contributed by atoms with Crippen molar-refractivity contribution in [2.75, 3.05) is 18.1 Å². The highest BCUT2D eigenvalue weighted by Gasteiger charge is 2.16. The van der Waals surface area contributed by atoms with Crippen molar-refractivity contribution < 1.29 is 4.74 Å². The van der Waals surface area contributed by atoms with Gasteiger partial charge >= 0.3 is 0 Å². The number of hydrogen-bond acceptors (Lipinski definition) is 3. The first-order chi connectivity index (χ1) is 7.95. The van der Waals surface area contributed by atoms with Crippen LogP contribution in [0.15, 0.2) is 0 Å². The van der Waals surface area contributed by atoms with Crippen LogP contribution in [-0.4, -0.2) is 28.8 Å². The molecule has 2 fully saturated rings. The van der Waals surface area contributed by atoms with Gasteiger partial charge < -0.3 is 4.74 Å². The van der Waals surface area contributed by atoms with Crippen LogP contribution in [0, 0.1) is 0 Å². The lowest BCUT2D eigenvalue weighted by atomic mass is 10.0. The van der Waals surface area contributed by atoms with Crippen LogP contribution in [0.2, 0.25) is 0 Å². The van der Waals surface area contributed by atoms with Gasteiger partial charge in [0.25, 0.3) is 0 Å². The Morgan fingerprint density at radius 1 is 0.938 bits per heavy atom. The summed E-state index contributed by atoms with van der Waals surface area (Å²) in [5.41, 5.74) is 0. The maximum atomic E-state index is 5.75. The molecule has 2 heterocycles. The molecule has 2 aliphatic heterocycles. The molecule has 0 aromatic rings. The van der Waals surface area contributed by atoms with E-state index in [1.165, 1.54) is 62.9 Å². The molecule has 1 atom stereocenters. The van der Waals surface area contributed by atoms with Crippen LogP contribution in [0.1, 0.15) is 51.4 Å². The summed E-state index contributed by atoms with van der Waals surface area (Å²) in [5.74, 6) is 2.76. The van der Waals surface area contributed by atoms with Crippen molar-refractivity contribution in [2.24, 2.45) is 0 Å². The molecule has 2 saturated heterocycles. The van der Waals surface area contributed by atoms with E-state index < -0.39 is 0 Å². The largest absolute Gasteiger partial charge is 0.378 e. The van der Waals surface area contributed by atoms with Crippen molar-refractivity contribution in [1.29, 1.82) is 0 Å². The Kier molecular flexibility index (Phi) is 6.46. The zero-order chi connectivity index (χ0) is 11.1. The fraction of sp³-hybridized carbons (Fsp3) is 1.00. The van der Waals surface area contributed by atoms with Crippen LogP contribution < -0.4 is 0 Å². The SMILES string of the molecule is C(CCC1CCCCO1)CCC1SCCS1. The Bertz CT molecular complexity index is 175. The molecule has 2 aliphatic rings. The van der Waals surface area contributed by atoms with Gasteiger partial charge in [-0.3, -0.25) is 0 Å². The standard InChI is InChI=1S/C13H24OS2/c1(3-8-13-15-10-11-16-13)2-6-12-7-4-5-9-14-12/h12-13H,1-11H2. The molecule has 0 saturated carbocycles. The van der Waals surface area contributed by atoms with E-state index in [-0.39, 0.29) is 0 Å². The second kappa shape index (κ2) is 7.88. The van der Waals surface area contributed by atoms with E-state index in [0.717, 1.165) is 11.2 Å². The third-order valence-corrected chi connectivity index (χ3v) is 6.60. The molecule has 0 radical (unpaired) electrons. The van der Waals surface area contributed by atoms with Gasteiger partial charge in [-0.25, -0.2) is 0 Å². The fourth-order valence-electron chi connectivity index (χ4n) is 2.47. The third kappa shape index (κ3) is 4.89. The molecular weight excluding hydrogens is 236 g/mol. The monoisotopic (exact) mass is 260 g/mol. The van der Waals surface area contributed by atoms with Gasteiger partial charge in [0.2, 0.25) is 0 Å². The summed E-state index contributed by atoms with van der Waals surface area (Å²) in [4.78, 5) is 0. The molecular formula is C13H24OS2. The number of unbranched alkanes of at least 4 members (excludes halogenated alkanes) is 2. The summed E-state index contributed by atoms with van der Waals surface area (Å²) in [5, 5.41) is 0. The molecule has 1 unspecified atom stereocenters. The van der Waals surface area contributed by atoms with Crippen LogP contribution in [0.5, 0.6) is 0 Å². The second-order valence-corrected chi connectivity index (χ2v) is 7.72. The van der Waals surface area contributed by atoms with Crippen molar-refractivity contribution in [1.82, 2.24) is 0 Å². The van der Waals surface area contributed by atoms with Gasteiger partial charge in [0.1, 0.15) is 0 Å². The topological polar surface area (TPSA) is 9.23 Å². The van der Waals surface area contributed by atoms with Gasteiger partial charge in [0, 0.05) is 18.1 Å². The first-order valence-corrected chi connectivity index (χ1v) is 8.90. The maximum absolute atomic E-state index is 5.75. The highest BCUT2D eigenvalue weighted by Crippen LogP contribution is 2.35. The normalized spacial score (nSPS) is 27.4. The van der Waals surface area contributed by atoms with Crippen LogP contribution in [-0.2, 0) is 4.74 Å². The average molecular weight is 260 g/mol. The highest BCUT2D eigenvalue weighted by atomic mass is 32.2. The molecule has 0 aliphatic carbocycles. The number of hydrogen-bond donors (Lipinski definition) is 0. The van der Waals surface area contributed by atoms with E-state index >= 15 is 0 Å². The van der Waals surface area contributed by atoms with Gasteiger partial charge in [0.05, 0.1) is 10.7 Å². The van der Waals surface area contributed by atoms with Gasteiger partial charge in [0.15, 0.2) is 0 Å². The summed E-state index contributed by atoms with van der Waals surface area (Å²) >= 11 is 4.33. The average Bonchev–Trinajstić information content (AvgIpc) is 2.83. The van der Waals surface area contributed by atoms with Crippen LogP contribution in [0.4, 0.5) is 0 Å². The van der Waals surface area contributed by atoms with E-state index in [1.807, 2.05) is 0 Å². The molecule has 0 amide bonds. The Morgan fingerprint density at radius 2 is 1.75 bits per heavy atom. The fourth-order valence-corrected chi connectivity index (χ4v) is 5.39. The summed E-state index contributed by atoms with van der Waals surface area (Å²) in [6.07, 6.45) is 11.6.